The van der Waals surface area contributed by atoms with Crippen molar-refractivity contribution >= 4 is 0 Å². The fourth-order valence-corrected chi connectivity index (χ4v) is 1.72. The second kappa shape index (κ2) is 4.75. The van der Waals surface area contributed by atoms with Gasteiger partial charge < -0.3 is 10.1 Å². The van der Waals surface area contributed by atoms with Gasteiger partial charge in [-0.15, -0.1) is 0 Å². The number of nitrogens with one attached hydrogen (secondary N) is 1. The Morgan fingerprint density at radius 2 is 1.95 bits per heavy atom. The van der Waals surface area contributed by atoms with Gasteiger partial charge in [0.25, 0.3) is 5.56 Å². The van der Waals surface area contributed by atoms with Crippen LogP contribution >= 0.6 is 0 Å². The third-order valence-electron chi connectivity index (χ3n) is 2.62. The first-order valence-corrected chi connectivity index (χ1v) is 5.30. The van der Waals surface area contributed by atoms with E-state index in [0.29, 0.717) is 0 Å². The fraction of sp³-hybridized carbons (Fsp3) is 0.167. The summed E-state index contributed by atoms with van der Waals surface area (Å²) in [6, 6.07) is 4.89. The van der Waals surface area contributed by atoms with Crippen LogP contribution < -0.4 is 5.56 Å². The van der Waals surface area contributed by atoms with Gasteiger partial charge in [-0.1, -0.05) is 18.2 Å². The fourth-order valence-electron chi connectivity index (χ4n) is 1.72. The Hall–Kier alpha value is -2.31. The van der Waals surface area contributed by atoms with Gasteiger partial charge in [0.15, 0.2) is 0 Å². The van der Waals surface area contributed by atoms with Crippen molar-refractivity contribution in [2.75, 3.05) is 0 Å². The molecule has 100 valence electrons. The Labute approximate surface area is 105 Å². The van der Waals surface area contributed by atoms with Crippen molar-refractivity contribution in [2.45, 2.75) is 12.6 Å². The van der Waals surface area contributed by atoms with Crippen molar-refractivity contribution in [2.24, 2.45) is 0 Å². The van der Waals surface area contributed by atoms with Crippen molar-refractivity contribution in [1.29, 1.82) is 0 Å². The average Bonchev–Trinajstić information content (AvgIpc) is 2.33. The third kappa shape index (κ3) is 2.75. The molecule has 2 N–H and O–H groups in total. The highest BCUT2D eigenvalue weighted by molar-refractivity contribution is 5.36. The zero-order valence-corrected chi connectivity index (χ0v) is 9.53. The molecule has 0 spiro atoms. The Morgan fingerprint density at radius 1 is 1.26 bits per heavy atom. The molecule has 0 radical (unpaired) electrons. The molecule has 19 heavy (non-hydrogen) atoms. The van der Waals surface area contributed by atoms with Crippen molar-refractivity contribution in [1.82, 2.24) is 9.97 Å². The molecule has 1 aromatic heterocycles. The second-order valence-electron chi connectivity index (χ2n) is 3.87. The second-order valence-corrected chi connectivity index (χ2v) is 3.87. The Bertz CT molecular complexity index is 650. The number of H-pyrrole nitrogens is 1. The molecule has 4 nitrogen and oxygen atoms in total. The molecule has 2 rings (SSSR count). The van der Waals surface area contributed by atoms with E-state index >= 15 is 0 Å². The SMILES string of the molecule is O=c1[nH]cnc(O)c1Cc1ccccc1C(F)(F)F. The van der Waals surface area contributed by atoms with Crippen molar-refractivity contribution in [3.8, 4) is 5.88 Å². The average molecular weight is 270 g/mol. The van der Waals surface area contributed by atoms with E-state index in [9.17, 15) is 23.1 Å². The van der Waals surface area contributed by atoms with Gasteiger partial charge in [0, 0.05) is 6.42 Å². The van der Waals surface area contributed by atoms with E-state index in [-0.39, 0.29) is 17.5 Å². The molecule has 0 amide bonds. The minimum atomic E-state index is -4.51. The molecule has 0 fully saturated rings. The Balaban J connectivity index is 2.48. The number of benzene rings is 1. The van der Waals surface area contributed by atoms with Gasteiger partial charge in [-0.05, 0) is 11.6 Å². The molecule has 0 aliphatic heterocycles. The lowest BCUT2D eigenvalue weighted by Crippen LogP contribution is -2.16. The summed E-state index contributed by atoms with van der Waals surface area (Å²) in [5.74, 6) is -0.569. The smallest absolute Gasteiger partial charge is 0.416 e. The van der Waals surface area contributed by atoms with Gasteiger partial charge in [0.2, 0.25) is 5.88 Å². The molecule has 0 aliphatic rings. The van der Waals surface area contributed by atoms with E-state index in [1.54, 1.807) is 0 Å². The third-order valence-corrected chi connectivity index (χ3v) is 2.62. The highest BCUT2D eigenvalue weighted by atomic mass is 19.4. The molecule has 2 aromatic rings. The maximum Gasteiger partial charge on any atom is 0.416 e. The summed E-state index contributed by atoms with van der Waals surface area (Å²) in [6.45, 7) is 0. The molecule has 7 heteroatoms. The lowest BCUT2D eigenvalue weighted by atomic mass is 10.0. The molecule has 0 atom stereocenters. The predicted octanol–water partition coefficient (Wildman–Crippen LogP) is 2.09. The minimum Gasteiger partial charge on any atom is -0.493 e. The summed E-state index contributed by atoms with van der Waals surface area (Å²) in [7, 11) is 0. The monoisotopic (exact) mass is 270 g/mol. The van der Waals surface area contributed by atoms with Crippen LogP contribution in [0, 0.1) is 0 Å². The van der Waals surface area contributed by atoms with Gasteiger partial charge >= 0.3 is 6.18 Å². The van der Waals surface area contributed by atoms with E-state index in [2.05, 4.69) is 9.97 Å². The Morgan fingerprint density at radius 3 is 2.58 bits per heavy atom. The van der Waals surface area contributed by atoms with Crippen LogP contribution in [0.2, 0.25) is 0 Å². The van der Waals surface area contributed by atoms with Crippen LogP contribution in [0.25, 0.3) is 0 Å². The summed E-state index contributed by atoms with van der Waals surface area (Å²) in [5, 5.41) is 9.43. The number of aromatic amines is 1. The van der Waals surface area contributed by atoms with Crippen LogP contribution in [0.4, 0.5) is 13.2 Å². The molecule has 0 saturated heterocycles. The minimum absolute atomic E-state index is 0.0937. The first-order valence-electron chi connectivity index (χ1n) is 5.30. The van der Waals surface area contributed by atoms with Crippen LogP contribution in [0.3, 0.4) is 0 Å². The maximum absolute atomic E-state index is 12.8. The van der Waals surface area contributed by atoms with E-state index in [0.717, 1.165) is 12.4 Å². The number of halogens is 3. The molecular formula is C12H9F3N2O2. The summed E-state index contributed by atoms with van der Waals surface area (Å²) in [4.78, 5) is 17.1. The van der Waals surface area contributed by atoms with Crippen LogP contribution in [0.15, 0.2) is 35.4 Å². The van der Waals surface area contributed by atoms with Crippen LogP contribution in [0.5, 0.6) is 5.88 Å². The van der Waals surface area contributed by atoms with E-state index in [1.165, 1.54) is 18.2 Å². The molecule has 1 aromatic carbocycles. The van der Waals surface area contributed by atoms with Crippen LogP contribution in [-0.4, -0.2) is 15.1 Å². The van der Waals surface area contributed by atoms with E-state index in [4.69, 9.17) is 0 Å². The number of aromatic nitrogens is 2. The largest absolute Gasteiger partial charge is 0.493 e. The van der Waals surface area contributed by atoms with E-state index < -0.39 is 23.2 Å². The number of hydrogen-bond acceptors (Lipinski definition) is 3. The quantitative estimate of drug-likeness (QED) is 0.878. The zero-order valence-electron chi connectivity index (χ0n) is 9.53. The highest BCUT2D eigenvalue weighted by Gasteiger charge is 2.33. The van der Waals surface area contributed by atoms with Crippen LogP contribution in [-0.2, 0) is 12.6 Å². The van der Waals surface area contributed by atoms with Crippen molar-refractivity contribution < 1.29 is 18.3 Å². The number of aromatic hydroxyl groups is 1. The van der Waals surface area contributed by atoms with Crippen LogP contribution in [0.1, 0.15) is 16.7 Å². The number of alkyl halides is 3. The Kier molecular flexibility index (Phi) is 3.28. The van der Waals surface area contributed by atoms with Crippen molar-refractivity contribution in [3.05, 3.63) is 57.6 Å². The first-order chi connectivity index (χ1) is 8.89. The molecular weight excluding hydrogens is 261 g/mol. The lowest BCUT2D eigenvalue weighted by Gasteiger charge is -2.12. The number of nitrogens with zero attached hydrogens (tertiary/aromatic N) is 1. The van der Waals surface area contributed by atoms with Gasteiger partial charge in [-0.25, -0.2) is 4.98 Å². The highest BCUT2D eigenvalue weighted by Crippen LogP contribution is 2.32. The number of rotatable bonds is 2. The summed E-state index contributed by atoms with van der Waals surface area (Å²) in [6.07, 6.45) is -3.87. The van der Waals surface area contributed by atoms with Gasteiger partial charge in [0.05, 0.1) is 17.5 Å². The molecule has 0 bridgehead atoms. The molecule has 0 aliphatic carbocycles. The van der Waals surface area contributed by atoms with Gasteiger partial charge in [0.1, 0.15) is 0 Å². The summed E-state index contributed by atoms with van der Waals surface area (Å²) >= 11 is 0. The number of hydrogen-bond donors (Lipinski definition) is 2. The lowest BCUT2D eigenvalue weighted by molar-refractivity contribution is -0.138. The van der Waals surface area contributed by atoms with Crippen molar-refractivity contribution in [3.63, 3.8) is 0 Å². The maximum atomic E-state index is 12.8. The molecule has 0 unspecified atom stereocenters. The van der Waals surface area contributed by atoms with Gasteiger partial charge in [-0.2, -0.15) is 13.2 Å². The normalized spacial score (nSPS) is 11.5. The van der Waals surface area contributed by atoms with Gasteiger partial charge in [-0.3, -0.25) is 4.79 Å². The summed E-state index contributed by atoms with van der Waals surface area (Å²) < 4.78 is 38.4. The molecule has 1 heterocycles. The molecule has 0 saturated carbocycles. The topological polar surface area (TPSA) is 66.0 Å². The predicted molar refractivity (Wildman–Crippen MR) is 60.8 cm³/mol. The van der Waals surface area contributed by atoms with E-state index in [1.807, 2.05) is 0 Å². The standard InChI is InChI=1S/C12H9F3N2O2/c13-12(14,15)9-4-2-1-3-7(9)5-8-10(18)16-6-17-11(8)19/h1-4,6H,5H2,(H2,16,17,18,19). The zero-order chi connectivity index (χ0) is 14.0. The first kappa shape index (κ1) is 13.1. The summed E-state index contributed by atoms with van der Waals surface area (Å²) in [5.41, 5.74) is -1.79.